The Morgan fingerprint density at radius 2 is 2.03 bits per heavy atom. The van der Waals surface area contributed by atoms with Crippen LogP contribution in [0.5, 0.6) is 0 Å². The fraction of sp³-hybridized carbons (Fsp3) is 0.368. The summed E-state index contributed by atoms with van der Waals surface area (Å²) < 4.78 is 27.8. The Morgan fingerprint density at radius 3 is 2.57 bits per heavy atom. The predicted molar refractivity (Wildman–Crippen MR) is 110 cm³/mol. The van der Waals surface area contributed by atoms with Gasteiger partial charge in [0.2, 0.25) is 11.8 Å². The van der Waals surface area contributed by atoms with E-state index in [-0.39, 0.29) is 36.1 Å². The van der Waals surface area contributed by atoms with Gasteiger partial charge in [0.15, 0.2) is 11.7 Å². The fourth-order valence-electron chi connectivity index (χ4n) is 3.58. The number of nitrogens with two attached hydrogens (primary N) is 2. The second-order valence-electron chi connectivity index (χ2n) is 7.23. The molecule has 1 aliphatic rings. The minimum absolute atomic E-state index is 0.179. The van der Waals surface area contributed by atoms with Crippen LogP contribution in [0.1, 0.15) is 36.3 Å². The van der Waals surface area contributed by atoms with E-state index in [9.17, 15) is 13.6 Å². The topological polar surface area (TPSA) is 123 Å². The number of nitrogens with zero attached hydrogens (tertiary/aromatic N) is 4. The van der Waals surface area contributed by atoms with Crippen LogP contribution in [0.15, 0.2) is 41.8 Å². The van der Waals surface area contributed by atoms with Crippen molar-refractivity contribution >= 4 is 29.2 Å². The second kappa shape index (κ2) is 8.88. The SMILES string of the molecule is CN(N)/N=C(\N)c1ccc([C@@H](C(=O)Nc2cnc(Cl)cn2)[C@H]2CCC(F)(F)C2)cc1. The molecule has 0 aliphatic heterocycles. The van der Waals surface area contributed by atoms with Gasteiger partial charge in [-0.1, -0.05) is 35.9 Å². The highest BCUT2D eigenvalue weighted by Gasteiger charge is 2.45. The first-order valence-corrected chi connectivity index (χ1v) is 9.61. The maximum atomic E-state index is 13.9. The lowest BCUT2D eigenvalue weighted by molar-refractivity contribution is -0.118. The number of nitrogens with one attached hydrogen (secondary N) is 1. The summed E-state index contributed by atoms with van der Waals surface area (Å²) in [4.78, 5) is 20.9. The van der Waals surface area contributed by atoms with Crippen LogP contribution in [0.4, 0.5) is 14.6 Å². The number of rotatable bonds is 6. The van der Waals surface area contributed by atoms with E-state index in [0.717, 1.165) is 5.12 Å². The second-order valence-corrected chi connectivity index (χ2v) is 7.62. The Hall–Kier alpha value is -2.85. The molecule has 3 rings (SSSR count). The predicted octanol–water partition coefficient (Wildman–Crippen LogP) is 2.71. The smallest absolute Gasteiger partial charge is 0.248 e. The van der Waals surface area contributed by atoms with Crippen LogP contribution in [-0.4, -0.2) is 39.8 Å². The lowest BCUT2D eigenvalue weighted by Crippen LogP contribution is -2.28. The normalized spacial score (nSPS) is 19.4. The Bertz CT molecular complexity index is 919. The molecule has 1 saturated carbocycles. The molecular weight excluding hydrogens is 416 g/mol. The molecule has 160 valence electrons. The van der Waals surface area contributed by atoms with Crippen molar-refractivity contribution in [3.63, 3.8) is 0 Å². The molecular formula is C19H22ClF2N7O. The summed E-state index contributed by atoms with van der Waals surface area (Å²) in [6, 6.07) is 6.71. The van der Waals surface area contributed by atoms with E-state index in [4.69, 9.17) is 23.2 Å². The summed E-state index contributed by atoms with van der Waals surface area (Å²) in [6.07, 6.45) is 2.23. The van der Waals surface area contributed by atoms with Crippen LogP contribution in [0.2, 0.25) is 5.15 Å². The van der Waals surface area contributed by atoms with E-state index in [1.54, 1.807) is 24.3 Å². The van der Waals surface area contributed by atoms with E-state index in [0.29, 0.717) is 11.1 Å². The number of halogens is 3. The molecule has 1 aromatic carbocycles. The van der Waals surface area contributed by atoms with Gasteiger partial charge in [0, 0.05) is 25.5 Å². The molecule has 1 fully saturated rings. The van der Waals surface area contributed by atoms with Gasteiger partial charge in [0.25, 0.3) is 0 Å². The van der Waals surface area contributed by atoms with E-state index in [2.05, 4.69) is 20.4 Å². The van der Waals surface area contributed by atoms with Gasteiger partial charge in [-0.05, 0) is 17.9 Å². The minimum Gasteiger partial charge on any atom is -0.382 e. The van der Waals surface area contributed by atoms with Gasteiger partial charge in [-0.25, -0.2) is 29.7 Å². The quantitative estimate of drug-likeness (QED) is 0.276. The zero-order valence-electron chi connectivity index (χ0n) is 16.2. The average molecular weight is 438 g/mol. The molecule has 8 nitrogen and oxygen atoms in total. The van der Waals surface area contributed by atoms with Gasteiger partial charge in [0.05, 0.1) is 18.3 Å². The highest BCUT2D eigenvalue weighted by Crippen LogP contribution is 2.45. The molecule has 0 spiro atoms. The van der Waals surface area contributed by atoms with Crippen molar-refractivity contribution in [2.45, 2.75) is 31.1 Å². The lowest BCUT2D eigenvalue weighted by Gasteiger charge is -2.23. The van der Waals surface area contributed by atoms with Crippen LogP contribution in [0.25, 0.3) is 0 Å². The lowest BCUT2D eigenvalue weighted by atomic mass is 9.83. The highest BCUT2D eigenvalue weighted by molar-refractivity contribution is 6.29. The van der Waals surface area contributed by atoms with Crippen LogP contribution in [-0.2, 0) is 4.79 Å². The van der Waals surface area contributed by atoms with Crippen molar-refractivity contribution in [1.29, 1.82) is 0 Å². The van der Waals surface area contributed by atoms with Gasteiger partial charge in [-0.15, -0.1) is 5.10 Å². The third kappa shape index (κ3) is 5.39. The van der Waals surface area contributed by atoms with Gasteiger partial charge < -0.3 is 11.1 Å². The molecule has 1 amide bonds. The number of amidine groups is 1. The molecule has 0 saturated heterocycles. The molecule has 30 heavy (non-hydrogen) atoms. The van der Waals surface area contributed by atoms with Gasteiger partial charge in [0.1, 0.15) is 5.15 Å². The zero-order chi connectivity index (χ0) is 21.9. The average Bonchev–Trinajstić information content (AvgIpc) is 3.03. The van der Waals surface area contributed by atoms with E-state index in [1.807, 2.05) is 0 Å². The van der Waals surface area contributed by atoms with Crippen molar-refractivity contribution in [3.8, 4) is 0 Å². The third-order valence-corrected chi connectivity index (χ3v) is 5.09. The van der Waals surface area contributed by atoms with Crippen LogP contribution in [0, 0.1) is 5.92 Å². The number of carbonyl (C=O) groups excluding carboxylic acids is 1. The fourth-order valence-corrected chi connectivity index (χ4v) is 3.67. The first-order chi connectivity index (χ1) is 14.1. The maximum absolute atomic E-state index is 13.9. The molecule has 11 heteroatoms. The number of carbonyl (C=O) groups is 1. The van der Waals surface area contributed by atoms with Crippen molar-refractivity contribution in [2.24, 2.45) is 22.6 Å². The van der Waals surface area contributed by atoms with Gasteiger partial charge >= 0.3 is 0 Å². The first-order valence-electron chi connectivity index (χ1n) is 9.24. The largest absolute Gasteiger partial charge is 0.382 e. The number of hydrazone groups is 1. The molecule has 1 heterocycles. The summed E-state index contributed by atoms with van der Waals surface area (Å²) in [7, 11) is 1.53. The van der Waals surface area contributed by atoms with Gasteiger partial charge in [-0.2, -0.15) is 0 Å². The summed E-state index contributed by atoms with van der Waals surface area (Å²) in [5.74, 6) is 1.31. The maximum Gasteiger partial charge on any atom is 0.248 e. The summed E-state index contributed by atoms with van der Waals surface area (Å²) in [5.41, 5.74) is 7.06. The Kier molecular flexibility index (Phi) is 6.47. The molecule has 0 unspecified atom stereocenters. The van der Waals surface area contributed by atoms with E-state index in [1.165, 1.54) is 19.4 Å². The minimum atomic E-state index is -2.79. The first kappa shape index (κ1) is 21.8. The summed E-state index contributed by atoms with van der Waals surface area (Å²) >= 11 is 5.71. The summed E-state index contributed by atoms with van der Waals surface area (Å²) in [5, 5.41) is 7.82. The number of anilines is 1. The van der Waals surface area contributed by atoms with E-state index >= 15 is 0 Å². The van der Waals surface area contributed by atoms with Crippen molar-refractivity contribution in [1.82, 2.24) is 15.1 Å². The molecule has 2 atom stereocenters. The molecule has 5 N–H and O–H groups in total. The number of alkyl halides is 2. The third-order valence-electron chi connectivity index (χ3n) is 4.90. The molecule has 0 radical (unpaired) electrons. The van der Waals surface area contributed by atoms with Crippen LogP contribution in [0.3, 0.4) is 0 Å². The summed E-state index contributed by atoms with van der Waals surface area (Å²) in [6.45, 7) is 0. The van der Waals surface area contributed by atoms with Crippen LogP contribution < -0.4 is 16.9 Å². The Balaban J connectivity index is 1.87. The number of hydrogen-bond donors (Lipinski definition) is 3. The standard InChI is InChI=1S/C19H22ClF2N7O/c1-29(24)28-17(23)12-4-2-11(3-5-12)16(13-6-7-19(21,22)8-13)18(30)27-15-10-25-14(20)9-26-15/h2-5,9-10,13,16H,6-8,24H2,1H3,(H2,23,28)(H,26,27,30)/t13-,16+/m0/s1. The monoisotopic (exact) mass is 437 g/mol. The van der Waals surface area contributed by atoms with Gasteiger partial charge in [-0.3, -0.25) is 4.79 Å². The number of benzene rings is 1. The molecule has 1 aliphatic carbocycles. The van der Waals surface area contributed by atoms with Crippen molar-refractivity contribution in [3.05, 3.63) is 52.9 Å². The Morgan fingerprint density at radius 1 is 1.33 bits per heavy atom. The van der Waals surface area contributed by atoms with Crippen molar-refractivity contribution in [2.75, 3.05) is 12.4 Å². The zero-order valence-corrected chi connectivity index (χ0v) is 17.0. The van der Waals surface area contributed by atoms with E-state index < -0.39 is 23.7 Å². The van der Waals surface area contributed by atoms with Crippen molar-refractivity contribution < 1.29 is 13.6 Å². The van der Waals surface area contributed by atoms with Crippen LogP contribution >= 0.6 is 11.6 Å². The molecule has 1 aromatic heterocycles. The highest BCUT2D eigenvalue weighted by atomic mass is 35.5. The number of hydrogen-bond acceptors (Lipinski definition) is 6. The molecule has 2 aromatic rings. The number of amides is 1. The Labute approximate surface area is 177 Å². The molecule has 0 bridgehead atoms. The number of aromatic nitrogens is 2. The number of hydrazine groups is 1.